The van der Waals surface area contributed by atoms with E-state index in [-0.39, 0.29) is 17.4 Å². The van der Waals surface area contributed by atoms with Crippen molar-refractivity contribution in [3.05, 3.63) is 29.3 Å². The number of carbonyl (C=O) groups excluding carboxylic acids is 1. The van der Waals surface area contributed by atoms with Crippen LogP contribution in [0.1, 0.15) is 22.3 Å². The maximum absolute atomic E-state index is 11.9. The van der Waals surface area contributed by atoms with Crippen LogP contribution in [0.4, 0.5) is 5.69 Å². The summed E-state index contributed by atoms with van der Waals surface area (Å²) in [6, 6.07) is 5.21. The van der Waals surface area contributed by atoms with Crippen LogP contribution < -0.4 is 4.90 Å². The molecule has 1 atom stereocenters. The van der Waals surface area contributed by atoms with E-state index in [0.717, 1.165) is 0 Å². The van der Waals surface area contributed by atoms with E-state index in [2.05, 4.69) is 12.6 Å². The number of aryl methyl sites for hydroxylation is 1. The summed E-state index contributed by atoms with van der Waals surface area (Å²) in [7, 11) is 0. The molecule has 1 aromatic carbocycles. The molecule has 0 spiro atoms. The Balaban J connectivity index is 2.43. The minimum Gasteiger partial charge on any atom is -0.478 e. The van der Waals surface area contributed by atoms with Crippen LogP contribution in [0.15, 0.2) is 18.2 Å². The molecule has 0 radical (unpaired) electrons. The number of nitrogens with zero attached hydrogens (tertiary/aromatic N) is 1. The Hall–Kier alpha value is -1.49. The third-order valence-corrected chi connectivity index (χ3v) is 3.74. The molecule has 1 heterocycles. The van der Waals surface area contributed by atoms with Crippen LogP contribution in [-0.4, -0.2) is 29.3 Å². The van der Waals surface area contributed by atoms with Crippen molar-refractivity contribution in [2.45, 2.75) is 13.3 Å². The molecule has 0 bridgehead atoms. The summed E-state index contributed by atoms with van der Waals surface area (Å²) in [5.41, 5.74) is 1.38. The Labute approximate surface area is 111 Å². The second-order valence-electron chi connectivity index (χ2n) is 4.53. The molecule has 1 aliphatic heterocycles. The van der Waals surface area contributed by atoms with Gasteiger partial charge in [-0.05, 0) is 30.2 Å². The highest BCUT2D eigenvalue weighted by atomic mass is 32.1. The first-order valence-electron chi connectivity index (χ1n) is 5.78. The first kappa shape index (κ1) is 13.0. The molecule has 18 heavy (non-hydrogen) atoms. The number of anilines is 1. The zero-order chi connectivity index (χ0) is 13.3. The fourth-order valence-corrected chi connectivity index (χ4v) is 2.54. The third kappa shape index (κ3) is 2.22. The number of benzene rings is 1. The number of thiol groups is 1. The highest BCUT2D eigenvalue weighted by Crippen LogP contribution is 2.30. The lowest BCUT2D eigenvalue weighted by Gasteiger charge is -2.19. The zero-order valence-electron chi connectivity index (χ0n) is 10.1. The molecule has 1 fully saturated rings. The Bertz CT molecular complexity index is 501. The average Bonchev–Trinajstić information content (AvgIpc) is 2.69. The smallest absolute Gasteiger partial charge is 0.338 e. The molecule has 1 saturated heterocycles. The molecule has 0 aliphatic carbocycles. The van der Waals surface area contributed by atoms with Gasteiger partial charge in [-0.25, -0.2) is 4.79 Å². The Morgan fingerprint density at radius 3 is 2.83 bits per heavy atom. The maximum atomic E-state index is 11.9. The van der Waals surface area contributed by atoms with Crippen molar-refractivity contribution < 1.29 is 14.7 Å². The van der Waals surface area contributed by atoms with E-state index in [1.807, 2.05) is 0 Å². The number of hydrogen-bond donors (Lipinski definition) is 2. The van der Waals surface area contributed by atoms with Gasteiger partial charge in [0, 0.05) is 13.0 Å². The summed E-state index contributed by atoms with van der Waals surface area (Å²) in [6.45, 7) is 2.29. The van der Waals surface area contributed by atoms with Crippen molar-refractivity contribution in [2.75, 3.05) is 17.2 Å². The van der Waals surface area contributed by atoms with Crippen molar-refractivity contribution in [1.29, 1.82) is 0 Å². The Morgan fingerprint density at radius 1 is 1.56 bits per heavy atom. The molecule has 1 aliphatic rings. The highest BCUT2D eigenvalue weighted by molar-refractivity contribution is 7.80. The number of carboxylic acid groups (broad SMARTS) is 1. The van der Waals surface area contributed by atoms with Gasteiger partial charge in [-0.1, -0.05) is 12.1 Å². The van der Waals surface area contributed by atoms with E-state index in [1.165, 1.54) is 0 Å². The number of carbonyl (C=O) groups is 2. The quantitative estimate of drug-likeness (QED) is 0.822. The number of rotatable bonds is 3. The number of hydrogen-bond acceptors (Lipinski definition) is 3. The minimum atomic E-state index is -0.995. The van der Waals surface area contributed by atoms with E-state index < -0.39 is 5.97 Å². The Kier molecular flexibility index (Phi) is 3.61. The monoisotopic (exact) mass is 265 g/mol. The van der Waals surface area contributed by atoms with Gasteiger partial charge in [0.2, 0.25) is 5.91 Å². The summed E-state index contributed by atoms with van der Waals surface area (Å²) >= 11 is 4.20. The molecular weight excluding hydrogens is 250 g/mol. The van der Waals surface area contributed by atoms with Crippen LogP contribution >= 0.6 is 12.6 Å². The zero-order valence-corrected chi connectivity index (χ0v) is 11.0. The van der Waals surface area contributed by atoms with Crippen LogP contribution in [0.25, 0.3) is 0 Å². The van der Waals surface area contributed by atoms with Gasteiger partial charge in [-0.2, -0.15) is 12.6 Å². The van der Waals surface area contributed by atoms with E-state index in [0.29, 0.717) is 30.0 Å². The summed E-state index contributed by atoms with van der Waals surface area (Å²) in [5, 5.41) is 9.26. The first-order chi connectivity index (χ1) is 8.54. The van der Waals surface area contributed by atoms with Crippen LogP contribution in [0.2, 0.25) is 0 Å². The molecule has 5 heteroatoms. The predicted octanol–water partition coefficient (Wildman–Crippen LogP) is 1.98. The van der Waals surface area contributed by atoms with Crippen LogP contribution in [0.3, 0.4) is 0 Å². The van der Waals surface area contributed by atoms with Gasteiger partial charge in [-0.15, -0.1) is 0 Å². The van der Waals surface area contributed by atoms with Gasteiger partial charge in [0.05, 0.1) is 11.3 Å². The largest absolute Gasteiger partial charge is 0.478 e. The van der Waals surface area contributed by atoms with Crippen LogP contribution in [0.5, 0.6) is 0 Å². The Morgan fingerprint density at radius 2 is 2.28 bits per heavy atom. The third-order valence-electron chi connectivity index (χ3n) is 3.22. The second kappa shape index (κ2) is 5.02. The molecule has 1 unspecified atom stereocenters. The predicted molar refractivity (Wildman–Crippen MR) is 72.5 cm³/mol. The van der Waals surface area contributed by atoms with Gasteiger partial charge in [0.15, 0.2) is 0 Å². The van der Waals surface area contributed by atoms with Crippen molar-refractivity contribution >= 4 is 30.2 Å². The number of amides is 1. The topological polar surface area (TPSA) is 57.6 Å². The first-order valence-corrected chi connectivity index (χ1v) is 6.42. The molecule has 1 aromatic rings. The van der Waals surface area contributed by atoms with E-state index in [4.69, 9.17) is 0 Å². The molecule has 0 saturated carbocycles. The minimum absolute atomic E-state index is 0.0258. The lowest BCUT2D eigenvalue weighted by molar-refractivity contribution is -0.117. The average molecular weight is 265 g/mol. The summed E-state index contributed by atoms with van der Waals surface area (Å²) in [4.78, 5) is 24.8. The van der Waals surface area contributed by atoms with Gasteiger partial charge >= 0.3 is 5.97 Å². The van der Waals surface area contributed by atoms with Gasteiger partial charge in [-0.3, -0.25) is 4.79 Å². The molecule has 4 nitrogen and oxygen atoms in total. The lowest BCUT2D eigenvalue weighted by Crippen LogP contribution is -2.27. The SMILES string of the molecule is Cc1cccc(N2CC(CS)CC2=O)c1C(=O)O. The standard InChI is InChI=1S/C13H15NO3S/c1-8-3-2-4-10(12(8)13(16)17)14-6-9(7-18)5-11(14)15/h2-4,9,18H,5-7H2,1H3,(H,16,17). The van der Waals surface area contributed by atoms with Crippen LogP contribution in [-0.2, 0) is 4.79 Å². The summed E-state index contributed by atoms with van der Waals surface area (Å²) < 4.78 is 0. The highest BCUT2D eigenvalue weighted by Gasteiger charge is 2.32. The maximum Gasteiger partial charge on any atom is 0.338 e. The lowest BCUT2D eigenvalue weighted by atomic mass is 10.1. The molecule has 1 amide bonds. The van der Waals surface area contributed by atoms with Gasteiger partial charge < -0.3 is 10.0 Å². The summed E-state index contributed by atoms with van der Waals surface area (Å²) in [6.07, 6.45) is 0.441. The van der Waals surface area contributed by atoms with E-state index >= 15 is 0 Å². The van der Waals surface area contributed by atoms with Gasteiger partial charge in [0.1, 0.15) is 0 Å². The summed E-state index contributed by atoms with van der Waals surface area (Å²) in [5.74, 6) is -0.188. The molecule has 2 rings (SSSR count). The molecule has 0 aromatic heterocycles. The van der Waals surface area contributed by atoms with Gasteiger partial charge in [0.25, 0.3) is 0 Å². The van der Waals surface area contributed by atoms with Crippen molar-refractivity contribution in [2.24, 2.45) is 5.92 Å². The fraction of sp³-hybridized carbons (Fsp3) is 0.385. The molecular formula is C13H15NO3S. The van der Waals surface area contributed by atoms with Crippen LogP contribution in [0, 0.1) is 12.8 Å². The van der Waals surface area contributed by atoms with Crippen molar-refractivity contribution in [3.63, 3.8) is 0 Å². The normalized spacial score (nSPS) is 19.3. The van der Waals surface area contributed by atoms with Crippen molar-refractivity contribution in [1.82, 2.24) is 0 Å². The van der Waals surface area contributed by atoms with Crippen molar-refractivity contribution in [3.8, 4) is 0 Å². The molecule has 96 valence electrons. The second-order valence-corrected chi connectivity index (χ2v) is 4.90. The number of aromatic carboxylic acids is 1. The molecule has 1 N–H and O–H groups in total. The van der Waals surface area contributed by atoms with E-state index in [1.54, 1.807) is 30.0 Å². The fourth-order valence-electron chi connectivity index (χ4n) is 2.29. The number of carboxylic acids is 1. The van der Waals surface area contributed by atoms with E-state index in [9.17, 15) is 14.7 Å².